The predicted octanol–water partition coefficient (Wildman–Crippen LogP) is 2.77. The maximum Gasteiger partial charge on any atom is 0.272 e. The van der Waals surface area contributed by atoms with E-state index in [9.17, 15) is 9.59 Å². The number of benzene rings is 2. The van der Waals surface area contributed by atoms with E-state index in [-0.39, 0.29) is 18.4 Å². The molecule has 1 aliphatic rings. The smallest absolute Gasteiger partial charge is 0.272 e. The molecular weight excluding hydrogens is 420 g/mol. The van der Waals surface area contributed by atoms with Gasteiger partial charge in [0, 0.05) is 18.7 Å². The van der Waals surface area contributed by atoms with Crippen LogP contribution in [0.15, 0.2) is 54.6 Å². The fraction of sp³-hybridized carbons (Fsp3) is 0.320. The molecule has 4 rings (SSSR count). The molecule has 0 unspecified atom stereocenters. The molecule has 0 bridgehead atoms. The molecule has 2 aromatic carbocycles. The maximum absolute atomic E-state index is 12.9. The number of rotatable bonds is 9. The Morgan fingerprint density at radius 2 is 1.79 bits per heavy atom. The topological polar surface area (TPSA) is 85.7 Å². The van der Waals surface area contributed by atoms with Crippen molar-refractivity contribution in [2.45, 2.75) is 19.9 Å². The number of carbonyl (C=O) groups excluding carboxylic acids is 2. The van der Waals surface area contributed by atoms with Gasteiger partial charge >= 0.3 is 0 Å². The van der Waals surface area contributed by atoms with Gasteiger partial charge in [0.15, 0.2) is 0 Å². The molecule has 0 saturated heterocycles. The third-order valence-corrected chi connectivity index (χ3v) is 5.56. The molecule has 1 aromatic heterocycles. The van der Waals surface area contributed by atoms with E-state index in [1.807, 2.05) is 55.5 Å². The third-order valence-electron chi connectivity index (χ3n) is 5.56. The summed E-state index contributed by atoms with van der Waals surface area (Å²) in [7, 11) is 1.62. The summed E-state index contributed by atoms with van der Waals surface area (Å²) >= 11 is 0. The fourth-order valence-electron chi connectivity index (χ4n) is 3.79. The van der Waals surface area contributed by atoms with Gasteiger partial charge in [-0.2, -0.15) is 5.10 Å². The zero-order chi connectivity index (χ0) is 23.2. The number of hydrogen-bond donors (Lipinski definition) is 1. The zero-order valence-corrected chi connectivity index (χ0v) is 18.9. The van der Waals surface area contributed by atoms with Crippen molar-refractivity contribution in [3.8, 4) is 22.8 Å². The van der Waals surface area contributed by atoms with Crippen molar-refractivity contribution < 1.29 is 19.1 Å². The molecule has 0 fully saturated rings. The summed E-state index contributed by atoms with van der Waals surface area (Å²) in [6.07, 6.45) is 0.712. The first kappa shape index (κ1) is 22.4. The van der Waals surface area contributed by atoms with Gasteiger partial charge in [-0.1, -0.05) is 12.1 Å². The summed E-state index contributed by atoms with van der Waals surface area (Å²) in [5.41, 5.74) is 3.24. The highest BCUT2D eigenvalue weighted by atomic mass is 16.5. The Morgan fingerprint density at radius 3 is 2.48 bits per heavy atom. The number of fused-ring (bicyclic) bond motifs is 1. The molecular formula is C25H28N4O4. The fourth-order valence-corrected chi connectivity index (χ4v) is 3.79. The molecule has 172 valence electrons. The van der Waals surface area contributed by atoms with E-state index in [1.165, 1.54) is 0 Å². The number of carbonyl (C=O) groups is 2. The zero-order valence-electron chi connectivity index (χ0n) is 18.9. The quantitative estimate of drug-likeness (QED) is 0.544. The molecule has 0 spiro atoms. The van der Waals surface area contributed by atoms with Gasteiger partial charge in [0.2, 0.25) is 5.91 Å². The molecule has 8 nitrogen and oxygen atoms in total. The summed E-state index contributed by atoms with van der Waals surface area (Å²) in [4.78, 5) is 26.9. The highest BCUT2D eigenvalue weighted by Gasteiger charge is 2.28. The van der Waals surface area contributed by atoms with Crippen molar-refractivity contribution in [2.75, 3.05) is 33.4 Å². The van der Waals surface area contributed by atoms with Crippen molar-refractivity contribution >= 4 is 11.8 Å². The number of nitrogens with zero attached hydrogens (tertiary/aromatic N) is 3. The lowest BCUT2D eigenvalue weighted by Gasteiger charge is -2.26. The summed E-state index contributed by atoms with van der Waals surface area (Å²) in [6.45, 7) is 4.12. The average molecular weight is 449 g/mol. The molecule has 0 saturated carbocycles. The monoisotopic (exact) mass is 448 g/mol. The highest BCUT2D eigenvalue weighted by molar-refractivity contribution is 5.96. The Bertz CT molecular complexity index is 1110. The molecule has 33 heavy (non-hydrogen) atoms. The molecule has 2 heterocycles. The van der Waals surface area contributed by atoms with Crippen molar-refractivity contribution in [1.29, 1.82) is 0 Å². The lowest BCUT2D eigenvalue weighted by Crippen LogP contribution is -2.46. The van der Waals surface area contributed by atoms with Gasteiger partial charge in [0.25, 0.3) is 5.91 Å². The first-order chi connectivity index (χ1) is 16.1. The van der Waals surface area contributed by atoms with Crippen molar-refractivity contribution in [3.05, 3.63) is 65.9 Å². The lowest BCUT2D eigenvalue weighted by molar-refractivity contribution is -0.121. The Labute approximate surface area is 193 Å². The first-order valence-electron chi connectivity index (χ1n) is 11.1. The van der Waals surface area contributed by atoms with Gasteiger partial charge in [-0.05, 0) is 61.4 Å². The molecule has 0 radical (unpaired) electrons. The second kappa shape index (κ2) is 10.2. The Balaban J connectivity index is 1.30. The van der Waals surface area contributed by atoms with E-state index in [2.05, 4.69) is 10.4 Å². The second-order valence-corrected chi connectivity index (χ2v) is 7.77. The van der Waals surface area contributed by atoms with Crippen LogP contribution in [0.25, 0.3) is 11.3 Å². The number of nitrogens with one attached hydrogen (secondary N) is 1. The number of ether oxygens (including phenoxy) is 2. The normalized spacial score (nSPS) is 12.9. The number of methoxy groups -OCH3 is 1. The number of aromatic nitrogens is 2. The van der Waals surface area contributed by atoms with E-state index in [0.29, 0.717) is 38.4 Å². The molecule has 8 heteroatoms. The van der Waals surface area contributed by atoms with E-state index < -0.39 is 0 Å². The minimum absolute atomic E-state index is 0.0329. The number of amides is 2. The molecule has 0 atom stereocenters. The van der Waals surface area contributed by atoms with Gasteiger partial charge in [0.1, 0.15) is 17.2 Å². The molecule has 3 aromatic rings. The second-order valence-electron chi connectivity index (χ2n) is 7.77. The van der Waals surface area contributed by atoms with Crippen LogP contribution in [0.2, 0.25) is 0 Å². The Hall–Kier alpha value is -3.81. The van der Waals surface area contributed by atoms with Gasteiger partial charge in [-0.15, -0.1) is 0 Å². The van der Waals surface area contributed by atoms with Crippen molar-refractivity contribution in [3.63, 3.8) is 0 Å². The molecule has 1 aliphatic heterocycles. The lowest BCUT2D eigenvalue weighted by atomic mass is 10.1. The van der Waals surface area contributed by atoms with Crippen LogP contribution in [0.5, 0.6) is 11.5 Å². The standard InChI is InChI=1S/C25H28N4O4/c1-3-33-21-8-4-18(5-9-21)12-13-26-24(30)17-28-14-15-29-23(25(28)31)16-22(27-29)19-6-10-20(32-2)11-7-19/h4-11,16H,3,12-15,17H2,1-2H3,(H,26,30). The summed E-state index contributed by atoms with van der Waals surface area (Å²) in [5, 5.41) is 7.47. The summed E-state index contributed by atoms with van der Waals surface area (Å²) in [6, 6.07) is 17.2. The largest absolute Gasteiger partial charge is 0.497 e. The van der Waals surface area contributed by atoms with E-state index in [1.54, 1.807) is 22.8 Å². The molecule has 0 aliphatic carbocycles. The van der Waals surface area contributed by atoms with E-state index in [0.717, 1.165) is 28.3 Å². The van der Waals surface area contributed by atoms with Crippen LogP contribution in [0, 0.1) is 0 Å². The molecule has 2 amide bonds. The highest BCUT2D eigenvalue weighted by Crippen LogP contribution is 2.24. The minimum Gasteiger partial charge on any atom is -0.497 e. The average Bonchev–Trinajstić information content (AvgIpc) is 3.28. The number of hydrogen-bond acceptors (Lipinski definition) is 5. The van der Waals surface area contributed by atoms with Crippen molar-refractivity contribution in [1.82, 2.24) is 20.0 Å². The summed E-state index contributed by atoms with van der Waals surface area (Å²) in [5.74, 6) is 1.25. The van der Waals surface area contributed by atoms with Gasteiger partial charge in [0.05, 0.1) is 32.5 Å². The molecule has 1 N–H and O–H groups in total. The first-order valence-corrected chi connectivity index (χ1v) is 11.1. The van der Waals surface area contributed by atoms with Crippen LogP contribution < -0.4 is 14.8 Å². The van der Waals surface area contributed by atoms with Crippen LogP contribution in [0.1, 0.15) is 23.0 Å². The van der Waals surface area contributed by atoms with Crippen molar-refractivity contribution in [2.24, 2.45) is 0 Å². The third kappa shape index (κ3) is 5.34. The Kier molecular flexibility index (Phi) is 6.92. The minimum atomic E-state index is -0.185. The van der Waals surface area contributed by atoms with Crippen LogP contribution >= 0.6 is 0 Å². The van der Waals surface area contributed by atoms with Crippen LogP contribution in [-0.4, -0.2) is 59.8 Å². The predicted molar refractivity (Wildman–Crippen MR) is 124 cm³/mol. The maximum atomic E-state index is 12.9. The van der Waals surface area contributed by atoms with Crippen LogP contribution in [0.4, 0.5) is 0 Å². The summed E-state index contributed by atoms with van der Waals surface area (Å²) < 4.78 is 12.3. The van der Waals surface area contributed by atoms with Crippen LogP contribution in [-0.2, 0) is 17.8 Å². The van der Waals surface area contributed by atoms with E-state index in [4.69, 9.17) is 9.47 Å². The van der Waals surface area contributed by atoms with E-state index >= 15 is 0 Å². The van der Waals surface area contributed by atoms with Gasteiger partial charge < -0.3 is 19.7 Å². The SMILES string of the molecule is CCOc1ccc(CCNC(=O)CN2CCn3nc(-c4ccc(OC)cc4)cc3C2=O)cc1. The Morgan fingerprint density at radius 1 is 1.06 bits per heavy atom. The van der Waals surface area contributed by atoms with Gasteiger partial charge in [-0.25, -0.2) is 0 Å². The van der Waals surface area contributed by atoms with Crippen LogP contribution in [0.3, 0.4) is 0 Å². The van der Waals surface area contributed by atoms with Gasteiger partial charge in [-0.3, -0.25) is 14.3 Å².